The number of hydrogen-bond acceptors (Lipinski definition) is 3. The van der Waals surface area contributed by atoms with Crippen LogP contribution >= 0.6 is 0 Å². The van der Waals surface area contributed by atoms with Crippen LogP contribution in [-0.2, 0) is 4.79 Å². The number of carboxylic acids is 1. The Morgan fingerprint density at radius 3 is 3.22 bits per heavy atom. The molecule has 94 valence electrons. The zero-order valence-corrected chi connectivity index (χ0v) is 9.91. The maximum atomic E-state index is 11.0. The molecule has 1 aliphatic rings. The predicted octanol–water partition coefficient (Wildman–Crippen LogP) is 1.25. The van der Waals surface area contributed by atoms with Gasteiger partial charge in [-0.25, -0.2) is 4.98 Å². The average molecular weight is 245 g/mol. The lowest BCUT2D eigenvalue weighted by Crippen LogP contribution is -2.42. The fraction of sp³-hybridized carbons (Fsp3) is 0.385. The molecule has 0 saturated carbocycles. The van der Waals surface area contributed by atoms with Crippen LogP contribution in [0.1, 0.15) is 24.5 Å². The van der Waals surface area contributed by atoms with Gasteiger partial charge in [-0.05, 0) is 31.5 Å². The van der Waals surface area contributed by atoms with Crippen molar-refractivity contribution in [3.8, 4) is 0 Å². The van der Waals surface area contributed by atoms with E-state index < -0.39 is 12.0 Å². The fourth-order valence-electron chi connectivity index (χ4n) is 2.63. The zero-order valence-electron chi connectivity index (χ0n) is 9.91. The van der Waals surface area contributed by atoms with Crippen LogP contribution in [0.25, 0.3) is 5.65 Å². The number of nitrogens with one attached hydrogen (secondary N) is 1. The minimum absolute atomic E-state index is 0.254. The molecule has 1 aliphatic heterocycles. The molecule has 1 fully saturated rings. The van der Waals surface area contributed by atoms with Crippen molar-refractivity contribution in [3.63, 3.8) is 0 Å². The first-order valence-electron chi connectivity index (χ1n) is 6.14. The number of piperidine rings is 1. The molecule has 18 heavy (non-hydrogen) atoms. The maximum Gasteiger partial charge on any atom is 0.320 e. The number of imidazole rings is 1. The summed E-state index contributed by atoms with van der Waals surface area (Å²) in [5, 5.41) is 12.1. The third kappa shape index (κ3) is 1.86. The third-order valence-electron chi connectivity index (χ3n) is 3.57. The zero-order chi connectivity index (χ0) is 12.5. The Kier molecular flexibility index (Phi) is 2.76. The number of carboxylic acid groups (broad SMARTS) is 1. The minimum atomic E-state index is -0.770. The first-order valence-corrected chi connectivity index (χ1v) is 6.14. The van der Waals surface area contributed by atoms with Gasteiger partial charge in [0.1, 0.15) is 11.7 Å². The van der Waals surface area contributed by atoms with Gasteiger partial charge < -0.3 is 14.8 Å². The Bertz CT molecular complexity index is 578. The molecule has 2 atom stereocenters. The van der Waals surface area contributed by atoms with Gasteiger partial charge in [0.25, 0.3) is 0 Å². The summed E-state index contributed by atoms with van der Waals surface area (Å²) in [5.41, 5.74) is 2.02. The second kappa shape index (κ2) is 4.42. The van der Waals surface area contributed by atoms with E-state index in [-0.39, 0.29) is 5.92 Å². The van der Waals surface area contributed by atoms with Gasteiger partial charge in [-0.15, -0.1) is 0 Å². The number of rotatable bonds is 2. The quantitative estimate of drug-likeness (QED) is 0.835. The van der Waals surface area contributed by atoms with Crippen molar-refractivity contribution in [1.29, 1.82) is 0 Å². The first-order chi connectivity index (χ1) is 8.75. The van der Waals surface area contributed by atoms with E-state index in [1.165, 1.54) is 0 Å². The van der Waals surface area contributed by atoms with E-state index in [2.05, 4.69) is 14.7 Å². The molecule has 3 heterocycles. The van der Waals surface area contributed by atoms with E-state index in [9.17, 15) is 4.79 Å². The van der Waals surface area contributed by atoms with Crippen LogP contribution in [0, 0.1) is 0 Å². The normalized spacial score (nSPS) is 24.2. The maximum absolute atomic E-state index is 11.0. The molecule has 2 N–H and O–H groups in total. The molecule has 1 saturated heterocycles. The monoisotopic (exact) mass is 245 g/mol. The van der Waals surface area contributed by atoms with Gasteiger partial charge in [0, 0.05) is 24.0 Å². The molecular formula is C13H15N3O2. The molecule has 2 aromatic rings. The largest absolute Gasteiger partial charge is 0.480 e. The highest BCUT2D eigenvalue weighted by atomic mass is 16.4. The second-order valence-electron chi connectivity index (χ2n) is 4.68. The highest BCUT2D eigenvalue weighted by Gasteiger charge is 2.28. The van der Waals surface area contributed by atoms with Crippen LogP contribution in [0.4, 0.5) is 0 Å². The molecule has 0 radical (unpaired) electrons. The third-order valence-corrected chi connectivity index (χ3v) is 3.57. The van der Waals surface area contributed by atoms with Crippen molar-refractivity contribution in [2.24, 2.45) is 0 Å². The second-order valence-corrected chi connectivity index (χ2v) is 4.68. The average Bonchev–Trinajstić information content (AvgIpc) is 2.82. The Morgan fingerprint density at radius 1 is 1.50 bits per heavy atom. The van der Waals surface area contributed by atoms with E-state index in [1.54, 1.807) is 0 Å². The van der Waals surface area contributed by atoms with Gasteiger partial charge in [-0.2, -0.15) is 0 Å². The van der Waals surface area contributed by atoms with E-state index in [4.69, 9.17) is 5.11 Å². The highest BCUT2D eigenvalue weighted by Crippen LogP contribution is 2.28. The molecule has 5 nitrogen and oxygen atoms in total. The lowest BCUT2D eigenvalue weighted by atomic mass is 9.90. The molecule has 0 spiro atoms. The standard InChI is InChI=1S/C13H15N3O2/c17-13(18)10-7-9(4-5-14-10)11-8-15-12-3-1-2-6-16(11)12/h1-3,6,8-10,14H,4-5,7H2,(H,17,18). The summed E-state index contributed by atoms with van der Waals surface area (Å²) in [5.74, 6) is -0.515. The van der Waals surface area contributed by atoms with Gasteiger partial charge >= 0.3 is 5.97 Å². The van der Waals surface area contributed by atoms with Crippen LogP contribution in [0.2, 0.25) is 0 Å². The molecule has 3 rings (SSSR count). The van der Waals surface area contributed by atoms with Crippen LogP contribution < -0.4 is 5.32 Å². The summed E-state index contributed by atoms with van der Waals surface area (Å²) >= 11 is 0. The lowest BCUT2D eigenvalue weighted by molar-refractivity contribution is -0.140. The molecule has 5 heteroatoms. The molecule has 0 amide bonds. The molecule has 0 aliphatic carbocycles. The van der Waals surface area contributed by atoms with Crippen LogP contribution in [0.5, 0.6) is 0 Å². The number of fused-ring (bicyclic) bond motifs is 1. The highest BCUT2D eigenvalue weighted by molar-refractivity contribution is 5.73. The van der Waals surface area contributed by atoms with E-state index in [1.807, 2.05) is 30.6 Å². The van der Waals surface area contributed by atoms with Gasteiger partial charge in [-0.3, -0.25) is 4.79 Å². The van der Waals surface area contributed by atoms with Gasteiger partial charge in [0.05, 0.1) is 0 Å². The number of aromatic nitrogens is 2. The van der Waals surface area contributed by atoms with Crippen molar-refractivity contribution < 1.29 is 9.90 Å². The summed E-state index contributed by atoms with van der Waals surface area (Å²) in [6.07, 6.45) is 5.42. The Hall–Kier alpha value is -1.88. The van der Waals surface area contributed by atoms with E-state index in [0.29, 0.717) is 6.42 Å². The number of nitrogens with zero attached hydrogens (tertiary/aromatic N) is 2. The van der Waals surface area contributed by atoms with Crippen molar-refractivity contribution >= 4 is 11.6 Å². The number of hydrogen-bond donors (Lipinski definition) is 2. The van der Waals surface area contributed by atoms with Gasteiger partial charge in [-0.1, -0.05) is 6.07 Å². The van der Waals surface area contributed by atoms with Crippen molar-refractivity contribution in [3.05, 3.63) is 36.3 Å². The van der Waals surface area contributed by atoms with Crippen molar-refractivity contribution in [1.82, 2.24) is 14.7 Å². The van der Waals surface area contributed by atoms with Crippen molar-refractivity contribution in [2.75, 3.05) is 6.54 Å². The number of pyridine rings is 1. The molecule has 0 aromatic carbocycles. The summed E-state index contributed by atoms with van der Waals surface area (Å²) < 4.78 is 2.05. The molecule has 0 bridgehead atoms. The molecule has 2 unspecified atom stereocenters. The topological polar surface area (TPSA) is 66.6 Å². The first kappa shape index (κ1) is 11.2. The Labute approximate surface area is 104 Å². The Balaban J connectivity index is 1.92. The molecule has 2 aromatic heterocycles. The van der Waals surface area contributed by atoms with Crippen LogP contribution in [0.3, 0.4) is 0 Å². The number of aliphatic carboxylic acids is 1. The predicted molar refractivity (Wildman–Crippen MR) is 66.6 cm³/mol. The summed E-state index contributed by atoms with van der Waals surface area (Å²) in [4.78, 5) is 15.4. The van der Waals surface area contributed by atoms with E-state index >= 15 is 0 Å². The lowest BCUT2D eigenvalue weighted by Gasteiger charge is -2.27. The summed E-state index contributed by atoms with van der Waals surface area (Å²) in [7, 11) is 0. The van der Waals surface area contributed by atoms with Crippen LogP contribution in [-0.4, -0.2) is 33.0 Å². The smallest absolute Gasteiger partial charge is 0.320 e. The van der Waals surface area contributed by atoms with Crippen LogP contribution in [0.15, 0.2) is 30.6 Å². The van der Waals surface area contributed by atoms with Gasteiger partial charge in [0.2, 0.25) is 0 Å². The summed E-state index contributed by atoms with van der Waals surface area (Å²) in [6, 6.07) is 5.43. The summed E-state index contributed by atoms with van der Waals surface area (Å²) in [6.45, 7) is 0.738. The Morgan fingerprint density at radius 2 is 2.39 bits per heavy atom. The molecular weight excluding hydrogens is 230 g/mol. The minimum Gasteiger partial charge on any atom is -0.480 e. The fourth-order valence-corrected chi connectivity index (χ4v) is 2.63. The van der Waals surface area contributed by atoms with Gasteiger partial charge in [0.15, 0.2) is 0 Å². The number of carbonyl (C=O) groups is 1. The van der Waals surface area contributed by atoms with Crippen molar-refractivity contribution in [2.45, 2.75) is 24.8 Å². The van der Waals surface area contributed by atoms with E-state index in [0.717, 1.165) is 24.3 Å². The SMILES string of the molecule is O=C(O)C1CC(c2cnc3ccccn23)CCN1.